The van der Waals surface area contributed by atoms with Crippen LogP contribution >= 0.6 is 22.7 Å². The lowest BCUT2D eigenvalue weighted by Crippen LogP contribution is -2.18. The number of alkyl halides is 3. The van der Waals surface area contributed by atoms with E-state index in [2.05, 4.69) is 10.3 Å². The predicted molar refractivity (Wildman–Crippen MR) is 74.1 cm³/mol. The maximum Gasteiger partial charge on any atom is 0.434 e. The summed E-state index contributed by atoms with van der Waals surface area (Å²) >= 11 is 2.71. The van der Waals surface area contributed by atoms with Crippen LogP contribution in [0.25, 0.3) is 0 Å². The van der Waals surface area contributed by atoms with Crippen molar-refractivity contribution in [2.24, 2.45) is 0 Å². The second-order valence-corrected chi connectivity index (χ2v) is 6.99. The summed E-state index contributed by atoms with van der Waals surface area (Å²) in [6.07, 6.45) is -1.77. The lowest BCUT2D eigenvalue weighted by molar-refractivity contribution is -0.141. The molecule has 0 spiro atoms. The molecule has 1 aliphatic carbocycles. The Labute approximate surface area is 122 Å². The first-order valence-corrected chi connectivity index (χ1v) is 8.03. The molecule has 2 aromatic heterocycles. The Hall–Kier alpha value is -0.920. The molecule has 1 aliphatic rings. The third-order valence-corrected chi connectivity index (χ3v) is 4.98. The zero-order valence-corrected chi connectivity index (χ0v) is 12.2. The van der Waals surface area contributed by atoms with E-state index in [-0.39, 0.29) is 6.54 Å². The molecule has 1 saturated carbocycles. The van der Waals surface area contributed by atoms with Crippen molar-refractivity contribution in [1.82, 2.24) is 10.3 Å². The van der Waals surface area contributed by atoms with Crippen molar-refractivity contribution in [3.8, 4) is 0 Å². The van der Waals surface area contributed by atoms with Gasteiger partial charge < -0.3 is 5.32 Å². The van der Waals surface area contributed by atoms with Gasteiger partial charge in [-0.2, -0.15) is 13.2 Å². The van der Waals surface area contributed by atoms with Crippen LogP contribution in [0.3, 0.4) is 0 Å². The molecule has 0 amide bonds. The molecular formula is C13H13F3N2S2. The van der Waals surface area contributed by atoms with E-state index in [1.54, 1.807) is 0 Å². The Kier molecular flexibility index (Phi) is 3.83. The van der Waals surface area contributed by atoms with Gasteiger partial charge in [0.1, 0.15) is 0 Å². The van der Waals surface area contributed by atoms with Gasteiger partial charge in [-0.3, -0.25) is 0 Å². The molecule has 7 heteroatoms. The van der Waals surface area contributed by atoms with E-state index >= 15 is 0 Å². The van der Waals surface area contributed by atoms with Crippen LogP contribution in [-0.2, 0) is 19.1 Å². The molecule has 2 aromatic rings. The van der Waals surface area contributed by atoms with Crippen LogP contribution in [0.5, 0.6) is 0 Å². The monoisotopic (exact) mass is 318 g/mol. The van der Waals surface area contributed by atoms with E-state index in [1.807, 2.05) is 17.5 Å². The maximum atomic E-state index is 13.0. The fourth-order valence-electron chi connectivity index (χ4n) is 1.90. The largest absolute Gasteiger partial charge is 0.434 e. The average molecular weight is 318 g/mol. The Morgan fingerprint density at radius 1 is 1.35 bits per heavy atom. The minimum atomic E-state index is -4.37. The first-order valence-electron chi connectivity index (χ1n) is 6.34. The second kappa shape index (κ2) is 5.46. The molecule has 0 aliphatic heterocycles. The zero-order chi connectivity index (χ0) is 14.2. The Morgan fingerprint density at radius 3 is 2.75 bits per heavy atom. The van der Waals surface area contributed by atoms with Crippen LogP contribution in [0, 0.1) is 0 Å². The summed E-state index contributed by atoms with van der Waals surface area (Å²) < 4.78 is 39.0. The Bertz CT molecular complexity index is 571. The Balaban J connectivity index is 1.80. The van der Waals surface area contributed by atoms with E-state index in [0.29, 0.717) is 22.3 Å². The fraction of sp³-hybridized carbons (Fsp3) is 0.462. The number of nitrogens with one attached hydrogen (secondary N) is 1. The fourth-order valence-corrected chi connectivity index (χ4v) is 3.77. The number of halogens is 3. The molecule has 2 heterocycles. The molecule has 20 heavy (non-hydrogen) atoms. The number of thiazole rings is 1. The first kappa shape index (κ1) is 14.0. The van der Waals surface area contributed by atoms with Crippen molar-refractivity contribution < 1.29 is 13.2 Å². The first-order chi connectivity index (χ1) is 9.52. The molecule has 0 radical (unpaired) electrons. The van der Waals surface area contributed by atoms with Gasteiger partial charge in [0.05, 0.1) is 9.88 Å². The highest BCUT2D eigenvalue weighted by molar-refractivity contribution is 7.12. The number of hydrogen-bond acceptors (Lipinski definition) is 4. The maximum absolute atomic E-state index is 13.0. The topological polar surface area (TPSA) is 24.9 Å². The molecule has 0 bridgehead atoms. The van der Waals surface area contributed by atoms with Gasteiger partial charge in [-0.1, -0.05) is 6.07 Å². The molecule has 1 fully saturated rings. The third-order valence-electron chi connectivity index (χ3n) is 3.04. The van der Waals surface area contributed by atoms with Gasteiger partial charge in [-0.15, -0.1) is 22.7 Å². The van der Waals surface area contributed by atoms with Gasteiger partial charge in [-0.05, 0) is 24.3 Å². The van der Waals surface area contributed by atoms with Crippen LogP contribution < -0.4 is 5.32 Å². The lowest BCUT2D eigenvalue weighted by atomic mass is 10.3. The van der Waals surface area contributed by atoms with Crippen molar-refractivity contribution in [2.75, 3.05) is 0 Å². The molecule has 1 N–H and O–H groups in total. The normalized spacial score (nSPS) is 15.8. The molecule has 108 valence electrons. The standard InChI is InChI=1S/C13H13F3N2S2/c14-13(15,16)12-10(7-17-8-3-4-8)20-11(18-12)6-9-2-1-5-19-9/h1-2,5,8,17H,3-4,6-7H2. The smallest absolute Gasteiger partial charge is 0.309 e. The minimum Gasteiger partial charge on any atom is -0.309 e. The molecule has 0 aromatic carbocycles. The van der Waals surface area contributed by atoms with Crippen molar-refractivity contribution >= 4 is 22.7 Å². The summed E-state index contributed by atoms with van der Waals surface area (Å²) in [6, 6.07) is 4.20. The number of nitrogens with zero attached hydrogens (tertiary/aromatic N) is 1. The van der Waals surface area contributed by atoms with Crippen LogP contribution in [0.15, 0.2) is 17.5 Å². The Morgan fingerprint density at radius 2 is 2.15 bits per heavy atom. The molecule has 0 saturated heterocycles. The highest BCUT2D eigenvalue weighted by Crippen LogP contribution is 2.35. The van der Waals surface area contributed by atoms with Crippen molar-refractivity contribution in [1.29, 1.82) is 0 Å². The molecule has 0 atom stereocenters. The summed E-state index contributed by atoms with van der Waals surface area (Å²) in [7, 11) is 0. The van der Waals surface area contributed by atoms with Gasteiger partial charge in [0, 0.05) is 23.9 Å². The number of rotatable bonds is 5. The number of thiophene rings is 1. The van der Waals surface area contributed by atoms with Crippen LogP contribution in [-0.4, -0.2) is 11.0 Å². The van der Waals surface area contributed by atoms with Gasteiger partial charge >= 0.3 is 6.18 Å². The summed E-state index contributed by atoms with van der Waals surface area (Å²) in [5.41, 5.74) is -0.720. The van der Waals surface area contributed by atoms with Crippen molar-refractivity contribution in [3.05, 3.63) is 38.0 Å². The highest BCUT2D eigenvalue weighted by atomic mass is 32.1. The van der Waals surface area contributed by atoms with Crippen molar-refractivity contribution in [3.63, 3.8) is 0 Å². The second-order valence-electron chi connectivity index (χ2n) is 4.79. The summed E-state index contributed by atoms with van der Waals surface area (Å²) in [6.45, 7) is 0.265. The third kappa shape index (κ3) is 3.39. The highest BCUT2D eigenvalue weighted by Gasteiger charge is 2.37. The summed E-state index contributed by atoms with van der Waals surface area (Å²) in [4.78, 5) is 5.15. The van der Waals surface area contributed by atoms with E-state index in [9.17, 15) is 13.2 Å². The molecular weight excluding hydrogens is 305 g/mol. The van der Waals surface area contributed by atoms with Crippen LogP contribution in [0.1, 0.15) is 33.3 Å². The van der Waals surface area contributed by atoms with Crippen LogP contribution in [0.2, 0.25) is 0 Å². The van der Waals surface area contributed by atoms with Crippen molar-refractivity contribution in [2.45, 2.75) is 38.0 Å². The average Bonchev–Trinajstić information content (AvgIpc) is 2.88. The van der Waals surface area contributed by atoms with Gasteiger partial charge in [0.2, 0.25) is 0 Å². The summed E-state index contributed by atoms with van der Waals surface area (Å²) in [5.74, 6) is 0. The van der Waals surface area contributed by atoms with Crippen LogP contribution in [0.4, 0.5) is 13.2 Å². The van der Waals surface area contributed by atoms with Gasteiger partial charge in [-0.25, -0.2) is 4.98 Å². The zero-order valence-electron chi connectivity index (χ0n) is 10.5. The minimum absolute atomic E-state index is 0.265. The number of hydrogen-bond donors (Lipinski definition) is 1. The van der Waals surface area contributed by atoms with E-state index in [1.165, 1.54) is 22.7 Å². The molecule has 2 nitrogen and oxygen atoms in total. The van der Waals surface area contributed by atoms with E-state index < -0.39 is 11.9 Å². The van der Waals surface area contributed by atoms with E-state index in [4.69, 9.17) is 0 Å². The van der Waals surface area contributed by atoms with Gasteiger partial charge in [0.25, 0.3) is 0 Å². The number of aromatic nitrogens is 1. The SMILES string of the molecule is FC(F)(F)c1nc(Cc2cccs2)sc1CNC1CC1. The van der Waals surface area contributed by atoms with Gasteiger partial charge in [0.15, 0.2) is 5.69 Å². The molecule has 3 rings (SSSR count). The summed E-state index contributed by atoms with van der Waals surface area (Å²) in [5, 5.41) is 5.59. The predicted octanol–water partition coefficient (Wildman–Crippen LogP) is 4.07. The lowest BCUT2D eigenvalue weighted by Gasteiger charge is -2.06. The van der Waals surface area contributed by atoms with E-state index in [0.717, 1.165) is 17.7 Å². The quantitative estimate of drug-likeness (QED) is 0.899. The molecule has 0 unspecified atom stereocenters.